The van der Waals surface area contributed by atoms with Gasteiger partial charge >= 0.3 is 0 Å². The first-order valence-electron chi connectivity index (χ1n) is 10.3. The summed E-state index contributed by atoms with van der Waals surface area (Å²) in [6, 6.07) is 8.74. The number of rotatable bonds is 6. The molecular weight excluding hydrogens is 479 g/mol. The highest BCUT2D eigenvalue weighted by Gasteiger charge is 2.56. The van der Waals surface area contributed by atoms with Gasteiger partial charge in [-0.25, -0.2) is 4.98 Å². The fraction of sp³-hybridized carbons (Fsp3) is 0.571. The molecule has 0 radical (unpaired) electrons. The number of H-pyrrole nitrogens is 1. The van der Waals surface area contributed by atoms with E-state index in [-0.39, 0.29) is 24.0 Å². The number of ether oxygens (including phenoxy) is 1. The van der Waals surface area contributed by atoms with Crippen LogP contribution in [0, 0.1) is 5.41 Å². The van der Waals surface area contributed by atoms with E-state index < -0.39 is 0 Å². The third kappa shape index (κ3) is 4.58. The minimum absolute atomic E-state index is 0. The van der Waals surface area contributed by atoms with E-state index in [1.807, 2.05) is 19.2 Å². The highest BCUT2D eigenvalue weighted by molar-refractivity contribution is 14.0. The summed E-state index contributed by atoms with van der Waals surface area (Å²) in [7, 11) is 1.83. The number of aliphatic imine (C=N–C) groups is 1. The Bertz CT molecular complexity index is 803. The maximum atomic E-state index is 6.02. The smallest absolute Gasteiger partial charge is 0.191 e. The molecule has 4 rings (SSSR count). The lowest BCUT2D eigenvalue weighted by Gasteiger charge is -2.54. The average molecular weight is 510 g/mol. The Balaban J connectivity index is 0.00000240. The first-order chi connectivity index (χ1) is 13.7. The molecule has 8 heteroatoms. The molecule has 2 aliphatic carbocycles. The van der Waals surface area contributed by atoms with E-state index in [2.05, 4.69) is 49.9 Å². The second kappa shape index (κ2) is 9.88. The van der Waals surface area contributed by atoms with Crippen LogP contribution in [0.25, 0.3) is 11.4 Å². The van der Waals surface area contributed by atoms with E-state index in [1.54, 1.807) is 0 Å². The Morgan fingerprint density at radius 1 is 1.34 bits per heavy atom. The number of nitrogens with one attached hydrogen (secondary N) is 3. The van der Waals surface area contributed by atoms with Crippen molar-refractivity contribution in [2.45, 2.75) is 57.7 Å². The monoisotopic (exact) mass is 510 g/mol. The molecule has 1 heterocycles. The predicted molar refractivity (Wildman–Crippen MR) is 125 cm³/mol. The molecule has 2 fully saturated rings. The molecule has 29 heavy (non-hydrogen) atoms. The summed E-state index contributed by atoms with van der Waals surface area (Å²) in [5.41, 5.74) is 2.50. The van der Waals surface area contributed by atoms with Crippen LogP contribution in [0.4, 0.5) is 0 Å². The second-order valence-electron chi connectivity index (χ2n) is 7.78. The maximum Gasteiger partial charge on any atom is 0.191 e. The lowest BCUT2D eigenvalue weighted by Crippen LogP contribution is -2.65. The molecule has 1 spiro atoms. The molecule has 3 N–H and O–H groups in total. The molecule has 158 valence electrons. The third-order valence-electron chi connectivity index (χ3n) is 6.30. The van der Waals surface area contributed by atoms with Crippen molar-refractivity contribution in [1.82, 2.24) is 25.8 Å². The van der Waals surface area contributed by atoms with Crippen LogP contribution in [-0.2, 0) is 11.3 Å². The fourth-order valence-corrected chi connectivity index (χ4v) is 4.81. The van der Waals surface area contributed by atoms with Crippen molar-refractivity contribution in [3.8, 4) is 11.4 Å². The summed E-state index contributed by atoms with van der Waals surface area (Å²) < 4.78 is 6.02. The number of halogens is 1. The number of hydrogen-bond donors (Lipinski definition) is 3. The van der Waals surface area contributed by atoms with Crippen LogP contribution in [-0.4, -0.2) is 46.9 Å². The topological polar surface area (TPSA) is 87.2 Å². The van der Waals surface area contributed by atoms with Crippen LogP contribution >= 0.6 is 24.0 Å². The molecule has 1 aromatic heterocycles. The van der Waals surface area contributed by atoms with Gasteiger partial charge in [0.25, 0.3) is 0 Å². The molecule has 0 aliphatic heterocycles. The summed E-state index contributed by atoms with van der Waals surface area (Å²) in [5.74, 6) is 1.64. The van der Waals surface area contributed by atoms with Crippen LogP contribution in [0.2, 0.25) is 0 Å². The number of nitrogens with zero attached hydrogens (tertiary/aromatic N) is 3. The van der Waals surface area contributed by atoms with Gasteiger partial charge in [-0.15, -0.1) is 24.0 Å². The van der Waals surface area contributed by atoms with E-state index in [0.29, 0.717) is 24.1 Å². The fourth-order valence-electron chi connectivity index (χ4n) is 4.81. The molecule has 1 aromatic carbocycles. The number of guanidine groups is 1. The van der Waals surface area contributed by atoms with E-state index in [4.69, 9.17) is 4.74 Å². The highest BCUT2D eigenvalue weighted by atomic mass is 127. The van der Waals surface area contributed by atoms with Crippen molar-refractivity contribution in [1.29, 1.82) is 0 Å². The molecule has 2 aliphatic rings. The first kappa shape index (κ1) is 22.0. The minimum atomic E-state index is 0. The number of benzene rings is 1. The Kier molecular flexibility index (Phi) is 7.50. The SMILES string of the molecule is CCOC1CC(NC(=NC)NCc2cccc(-c3ncn[nH]3)c2)C12CCCC2.I. The van der Waals surface area contributed by atoms with Crippen molar-refractivity contribution in [3.05, 3.63) is 36.2 Å². The summed E-state index contributed by atoms with van der Waals surface area (Å²) >= 11 is 0. The van der Waals surface area contributed by atoms with Crippen molar-refractivity contribution < 1.29 is 4.74 Å². The lowest BCUT2D eigenvalue weighted by molar-refractivity contribution is -0.125. The average Bonchev–Trinajstić information content (AvgIpc) is 3.43. The van der Waals surface area contributed by atoms with Gasteiger partial charge in [0.15, 0.2) is 11.8 Å². The summed E-state index contributed by atoms with van der Waals surface area (Å²) in [5, 5.41) is 14.0. The van der Waals surface area contributed by atoms with Crippen LogP contribution in [0.1, 0.15) is 44.6 Å². The van der Waals surface area contributed by atoms with Crippen molar-refractivity contribution in [2.24, 2.45) is 10.4 Å². The predicted octanol–water partition coefficient (Wildman–Crippen LogP) is 3.49. The molecule has 2 atom stereocenters. The Labute approximate surface area is 189 Å². The van der Waals surface area contributed by atoms with Gasteiger partial charge in [0.1, 0.15) is 6.33 Å². The Morgan fingerprint density at radius 2 is 2.17 bits per heavy atom. The third-order valence-corrected chi connectivity index (χ3v) is 6.30. The summed E-state index contributed by atoms with van der Waals surface area (Å²) in [6.07, 6.45) is 8.12. The van der Waals surface area contributed by atoms with Crippen LogP contribution in [0.15, 0.2) is 35.6 Å². The molecule has 0 amide bonds. The molecule has 2 aromatic rings. The largest absolute Gasteiger partial charge is 0.378 e. The van der Waals surface area contributed by atoms with E-state index in [1.165, 1.54) is 37.6 Å². The number of aromatic amines is 1. The van der Waals surface area contributed by atoms with Gasteiger partial charge in [-0.3, -0.25) is 10.1 Å². The highest BCUT2D eigenvalue weighted by Crippen LogP contribution is 2.54. The van der Waals surface area contributed by atoms with Crippen LogP contribution in [0.3, 0.4) is 0 Å². The molecule has 7 nitrogen and oxygen atoms in total. The van der Waals surface area contributed by atoms with E-state index in [0.717, 1.165) is 30.4 Å². The zero-order valence-corrected chi connectivity index (χ0v) is 19.5. The maximum absolute atomic E-state index is 6.02. The van der Waals surface area contributed by atoms with Gasteiger partial charge in [0.2, 0.25) is 0 Å². The Hall–Kier alpha value is -1.68. The molecule has 2 saturated carbocycles. The minimum Gasteiger partial charge on any atom is -0.378 e. The standard InChI is InChI=1S/C21H30N6O.HI/c1-3-28-18-12-17(21(18)9-4-5-10-21)26-20(22-2)23-13-15-7-6-8-16(11-15)19-24-14-25-27-19;/h6-8,11,14,17-18H,3-5,9-10,12-13H2,1-2H3,(H2,22,23,26)(H,24,25,27);1H. The van der Waals surface area contributed by atoms with Gasteiger partial charge in [-0.1, -0.05) is 31.0 Å². The van der Waals surface area contributed by atoms with Crippen molar-refractivity contribution in [3.63, 3.8) is 0 Å². The molecule has 0 bridgehead atoms. The van der Waals surface area contributed by atoms with Crippen LogP contribution < -0.4 is 10.6 Å². The van der Waals surface area contributed by atoms with Crippen molar-refractivity contribution >= 4 is 29.9 Å². The summed E-state index contributed by atoms with van der Waals surface area (Å²) in [6.45, 7) is 3.60. The number of aromatic nitrogens is 3. The van der Waals surface area contributed by atoms with Gasteiger partial charge < -0.3 is 15.4 Å². The number of hydrogen-bond acceptors (Lipinski definition) is 4. The van der Waals surface area contributed by atoms with Crippen molar-refractivity contribution in [2.75, 3.05) is 13.7 Å². The van der Waals surface area contributed by atoms with Gasteiger partial charge in [0.05, 0.1) is 6.10 Å². The van der Waals surface area contributed by atoms with Gasteiger partial charge in [-0.2, -0.15) is 5.10 Å². The zero-order chi connectivity index (χ0) is 19.4. The lowest BCUT2D eigenvalue weighted by atomic mass is 9.60. The van der Waals surface area contributed by atoms with E-state index in [9.17, 15) is 0 Å². The quantitative estimate of drug-likeness (QED) is 0.315. The first-order valence-corrected chi connectivity index (χ1v) is 10.3. The van der Waals surface area contributed by atoms with Crippen LogP contribution in [0.5, 0.6) is 0 Å². The second-order valence-corrected chi connectivity index (χ2v) is 7.78. The molecule has 2 unspecified atom stereocenters. The molecule has 0 saturated heterocycles. The van der Waals surface area contributed by atoms with E-state index >= 15 is 0 Å². The van der Waals surface area contributed by atoms with Gasteiger partial charge in [0, 0.05) is 37.2 Å². The summed E-state index contributed by atoms with van der Waals surface area (Å²) in [4.78, 5) is 8.67. The molecular formula is C21H31IN6O. The Morgan fingerprint density at radius 3 is 2.86 bits per heavy atom. The normalized spacial score (nSPS) is 22.8. The van der Waals surface area contributed by atoms with Gasteiger partial charge in [-0.05, 0) is 37.8 Å². The zero-order valence-electron chi connectivity index (χ0n) is 17.1.